The highest BCUT2D eigenvalue weighted by Gasteiger charge is 2.54. The molecule has 10 atom stereocenters. The number of carbonyl (C=O) groups is 2. The minimum absolute atomic E-state index is 0.549. The van der Waals surface area contributed by atoms with Gasteiger partial charge in [-0.25, -0.2) is 8.98 Å². The van der Waals surface area contributed by atoms with Crippen LogP contribution in [0.3, 0.4) is 0 Å². The van der Waals surface area contributed by atoms with E-state index in [9.17, 15) is 38.4 Å². The van der Waals surface area contributed by atoms with Crippen molar-refractivity contribution in [3.05, 3.63) is 0 Å². The van der Waals surface area contributed by atoms with E-state index in [4.69, 9.17) is 18.8 Å². The molecule has 2 aliphatic rings. The van der Waals surface area contributed by atoms with Crippen LogP contribution in [0.1, 0.15) is 13.8 Å². The number of methoxy groups -OCH3 is 1. The smallest absolute Gasteiger partial charge is 0.397 e. The highest BCUT2D eigenvalue weighted by atomic mass is 32.3. The lowest BCUT2D eigenvalue weighted by atomic mass is 9.92. The maximum Gasteiger partial charge on any atom is 0.397 e. The molecule has 1 amide bonds. The Morgan fingerprint density at radius 3 is 2.19 bits per heavy atom. The van der Waals surface area contributed by atoms with Crippen LogP contribution in [0, 0.1) is 0 Å². The quantitative estimate of drug-likeness (QED) is 0.147. The molecule has 0 bridgehead atoms. The highest BCUT2D eigenvalue weighted by Crippen LogP contribution is 2.31. The van der Waals surface area contributed by atoms with Crippen molar-refractivity contribution in [2.24, 2.45) is 0 Å². The molecular weight excluding hydrogens is 462 g/mol. The lowest BCUT2D eigenvalue weighted by molar-refractivity contribution is -0.321. The summed E-state index contributed by atoms with van der Waals surface area (Å²) in [5.74, 6) is -1.70. The molecule has 2 saturated heterocycles. The van der Waals surface area contributed by atoms with Gasteiger partial charge in [-0.05, 0) is 6.92 Å². The minimum Gasteiger partial charge on any atom is -0.467 e. The number of aliphatic hydroxyl groups excluding tert-OH is 4. The Bertz CT molecular complexity index is 777. The Hall–Kier alpha value is -1.47. The van der Waals surface area contributed by atoms with Crippen LogP contribution >= 0.6 is 0 Å². The summed E-state index contributed by atoms with van der Waals surface area (Å²) in [5.41, 5.74) is 0. The molecule has 0 aromatic rings. The van der Waals surface area contributed by atoms with E-state index in [-0.39, 0.29) is 0 Å². The van der Waals surface area contributed by atoms with Crippen LogP contribution in [-0.2, 0) is 43.1 Å². The summed E-state index contributed by atoms with van der Waals surface area (Å²) in [7, 11) is -4.25. The van der Waals surface area contributed by atoms with Gasteiger partial charge in [-0.1, -0.05) is 0 Å². The van der Waals surface area contributed by atoms with E-state index in [1.807, 2.05) is 0 Å². The molecular formula is C16H27NO14S. The number of nitrogens with one attached hydrogen (secondary N) is 1. The van der Waals surface area contributed by atoms with Crippen molar-refractivity contribution < 1.29 is 66.1 Å². The first-order chi connectivity index (χ1) is 14.8. The first-order valence-electron chi connectivity index (χ1n) is 9.42. The third kappa shape index (κ3) is 6.10. The Labute approximate surface area is 183 Å². The third-order valence-corrected chi connectivity index (χ3v) is 5.49. The van der Waals surface area contributed by atoms with Crippen LogP contribution in [0.25, 0.3) is 0 Å². The highest BCUT2D eigenvalue weighted by molar-refractivity contribution is 7.80. The van der Waals surface area contributed by atoms with Gasteiger partial charge in [-0.2, -0.15) is 8.42 Å². The second-order valence-corrected chi connectivity index (χ2v) is 8.35. The van der Waals surface area contributed by atoms with Crippen LogP contribution in [0.2, 0.25) is 0 Å². The first-order valence-corrected chi connectivity index (χ1v) is 10.8. The number of hydrogen-bond donors (Lipinski definition) is 6. The molecule has 0 aliphatic carbocycles. The number of aliphatic hydroxyl groups is 4. The Balaban J connectivity index is 2.42. The summed E-state index contributed by atoms with van der Waals surface area (Å²) in [6, 6.07) is -1.07. The van der Waals surface area contributed by atoms with Gasteiger partial charge >= 0.3 is 16.4 Å². The molecule has 0 saturated carbocycles. The average molecular weight is 489 g/mol. The van der Waals surface area contributed by atoms with E-state index in [2.05, 4.69) is 14.2 Å². The summed E-state index contributed by atoms with van der Waals surface area (Å²) in [6.45, 7) is 2.01. The van der Waals surface area contributed by atoms with E-state index in [0.29, 0.717) is 0 Å². The van der Waals surface area contributed by atoms with Crippen LogP contribution in [0.5, 0.6) is 0 Å². The third-order valence-electron chi connectivity index (χ3n) is 5.02. The SMILES string of the molecule is COC(=O)C1OC(OC2C(O)C(CO)OC(C)C2NC(C)=O)C(OS(=O)(=O)O)C(O)C1O. The largest absolute Gasteiger partial charge is 0.467 e. The monoisotopic (exact) mass is 489 g/mol. The van der Waals surface area contributed by atoms with Crippen molar-refractivity contribution in [3.8, 4) is 0 Å². The molecule has 6 N–H and O–H groups in total. The number of rotatable bonds is 7. The fourth-order valence-electron chi connectivity index (χ4n) is 3.54. The molecule has 0 spiro atoms. The minimum atomic E-state index is -5.21. The predicted molar refractivity (Wildman–Crippen MR) is 99.0 cm³/mol. The van der Waals surface area contributed by atoms with E-state index in [1.165, 1.54) is 13.8 Å². The summed E-state index contributed by atoms with van der Waals surface area (Å²) in [5, 5.41) is 43.0. The van der Waals surface area contributed by atoms with Crippen molar-refractivity contribution >= 4 is 22.3 Å². The maximum absolute atomic E-state index is 11.9. The molecule has 0 radical (unpaired) electrons. The van der Waals surface area contributed by atoms with Crippen LogP contribution in [0.4, 0.5) is 0 Å². The van der Waals surface area contributed by atoms with Gasteiger partial charge in [-0.15, -0.1) is 0 Å². The van der Waals surface area contributed by atoms with Crippen LogP contribution in [-0.4, -0.2) is 120 Å². The van der Waals surface area contributed by atoms with Crippen molar-refractivity contribution in [3.63, 3.8) is 0 Å². The maximum atomic E-state index is 11.9. The number of hydrogen-bond acceptors (Lipinski definition) is 13. The lowest BCUT2D eigenvalue weighted by Crippen LogP contribution is -2.67. The van der Waals surface area contributed by atoms with Gasteiger partial charge in [0.25, 0.3) is 0 Å². The number of carbonyl (C=O) groups excluding carboxylic acids is 2. The zero-order valence-electron chi connectivity index (χ0n) is 17.3. The molecule has 0 aromatic carbocycles. The van der Waals surface area contributed by atoms with E-state index in [0.717, 1.165) is 7.11 Å². The molecule has 15 nitrogen and oxygen atoms in total. The van der Waals surface area contributed by atoms with Crippen LogP contribution < -0.4 is 5.32 Å². The zero-order valence-corrected chi connectivity index (χ0v) is 18.1. The molecule has 186 valence electrons. The van der Waals surface area contributed by atoms with E-state index < -0.39 is 90.0 Å². The Morgan fingerprint density at radius 2 is 1.69 bits per heavy atom. The van der Waals surface area contributed by atoms with Crippen molar-refractivity contribution in [1.29, 1.82) is 0 Å². The molecule has 2 aliphatic heterocycles. The summed E-state index contributed by atoms with van der Waals surface area (Å²) in [4.78, 5) is 23.6. The average Bonchev–Trinajstić information content (AvgIpc) is 2.70. The van der Waals surface area contributed by atoms with Crippen molar-refractivity contribution in [2.75, 3.05) is 13.7 Å². The van der Waals surface area contributed by atoms with Crippen molar-refractivity contribution in [1.82, 2.24) is 5.32 Å². The molecule has 0 aromatic heterocycles. The normalized spacial score (nSPS) is 40.5. The second kappa shape index (κ2) is 10.6. The molecule has 10 unspecified atom stereocenters. The topological polar surface area (TPSA) is 228 Å². The predicted octanol–water partition coefficient (Wildman–Crippen LogP) is -4.18. The molecule has 16 heteroatoms. The van der Waals surface area contributed by atoms with Gasteiger partial charge in [0, 0.05) is 6.92 Å². The van der Waals surface area contributed by atoms with Gasteiger partial charge in [-0.3, -0.25) is 9.35 Å². The van der Waals surface area contributed by atoms with Gasteiger partial charge < -0.3 is 44.7 Å². The molecule has 2 fully saturated rings. The van der Waals surface area contributed by atoms with Gasteiger partial charge in [0.2, 0.25) is 5.91 Å². The molecule has 2 rings (SSSR count). The number of amides is 1. The summed E-state index contributed by atoms with van der Waals surface area (Å²) >= 11 is 0. The first kappa shape index (κ1) is 26.8. The second-order valence-electron chi connectivity index (χ2n) is 7.30. The molecule has 2 heterocycles. The number of ether oxygens (including phenoxy) is 4. The number of esters is 1. The lowest BCUT2D eigenvalue weighted by Gasteiger charge is -2.47. The Morgan fingerprint density at radius 1 is 1.06 bits per heavy atom. The summed E-state index contributed by atoms with van der Waals surface area (Å²) < 4.78 is 56.7. The fraction of sp³-hybridized carbons (Fsp3) is 0.875. The van der Waals surface area contributed by atoms with Gasteiger partial charge in [0.1, 0.15) is 30.5 Å². The zero-order chi connectivity index (χ0) is 24.4. The fourth-order valence-corrected chi connectivity index (χ4v) is 4.02. The standard InChI is InChI=1S/C16H27NO14S/c1-5-8(17-6(2)19)12(9(20)7(4-18)28-5)29-16-14(31-32(24,25)26)11(22)10(21)13(30-16)15(23)27-3/h5,7-14,16,18,20-22H,4H2,1-3H3,(H,17,19)(H,24,25,26). The van der Waals surface area contributed by atoms with Gasteiger partial charge in [0.15, 0.2) is 18.5 Å². The van der Waals surface area contributed by atoms with E-state index >= 15 is 0 Å². The van der Waals surface area contributed by atoms with Crippen molar-refractivity contribution in [2.45, 2.75) is 75.0 Å². The van der Waals surface area contributed by atoms with Gasteiger partial charge in [0.05, 0.1) is 25.9 Å². The van der Waals surface area contributed by atoms with E-state index in [1.54, 1.807) is 0 Å². The Kier molecular flexibility index (Phi) is 8.90. The molecule has 32 heavy (non-hydrogen) atoms. The summed E-state index contributed by atoms with van der Waals surface area (Å²) in [6.07, 6.45) is -15.2. The van der Waals surface area contributed by atoms with Crippen LogP contribution in [0.15, 0.2) is 0 Å².